The van der Waals surface area contributed by atoms with Crippen molar-refractivity contribution in [2.75, 3.05) is 19.6 Å². The molecular weight excluding hydrogens is 1810 g/mol. The molecule has 0 bridgehead atoms. The minimum absolute atomic E-state index is 0.0959. The molecule has 0 aliphatic carbocycles. The molecule has 0 saturated heterocycles. The molecule has 4 aromatic heterocycles. The third-order valence-corrected chi connectivity index (χ3v) is 31.2. The number of hydrogen-bond acceptors (Lipinski definition) is 8. The second-order valence-corrected chi connectivity index (χ2v) is 42.0. The zero-order valence-electron chi connectivity index (χ0n) is 84.5. The molecule has 718 valence electrons. The molecule has 0 N–H and O–H groups in total. The number of para-hydroxylation sites is 8. The molecule has 0 aliphatic rings. The quantitative estimate of drug-likeness (QED) is 0.0700. The number of hydrogen-bond donors (Lipinski definition) is 0. The number of anilines is 12. The Morgan fingerprint density at radius 2 is 0.408 bits per heavy atom. The Morgan fingerprint density at radius 1 is 0.197 bits per heavy atom. The van der Waals surface area contributed by atoms with Gasteiger partial charge in [-0.3, -0.25) is 0 Å². The fourth-order valence-corrected chi connectivity index (χ4v) is 23.5. The summed E-state index contributed by atoms with van der Waals surface area (Å²) in [5, 5.41) is 22.4. The largest absolute Gasteiger partial charge is 0.454 e. The van der Waals surface area contributed by atoms with Gasteiger partial charge in [0.25, 0.3) is 0 Å². The number of benzene rings is 22. The summed E-state index contributed by atoms with van der Waals surface area (Å²) < 4.78 is 69.9. The van der Waals surface area contributed by atoms with Gasteiger partial charge >= 0.3 is 6.18 Å². The normalized spacial score (nSPS) is 12.5. The second kappa shape index (κ2) is 35.3. The first-order valence-corrected chi connectivity index (χ1v) is 51.3. The molecule has 11 heteroatoms. The van der Waals surface area contributed by atoms with Crippen LogP contribution in [0.2, 0.25) is 0 Å². The number of rotatable bonds is 20. The maximum absolute atomic E-state index is 14.2. The van der Waals surface area contributed by atoms with Crippen LogP contribution in [0.15, 0.2) is 418 Å². The molecule has 22 aromatic carbocycles. The summed E-state index contributed by atoms with van der Waals surface area (Å²) in [7, 11) is 0. The van der Waals surface area contributed by atoms with E-state index in [1.54, 1.807) is 12.1 Å². The van der Waals surface area contributed by atoms with Crippen LogP contribution in [0.4, 0.5) is 81.4 Å². The van der Waals surface area contributed by atoms with Gasteiger partial charge in [0.15, 0.2) is 22.3 Å². The number of fused-ring (bicyclic) bond motifs is 12. The molecular formula is C136H109F3N4O4. The van der Waals surface area contributed by atoms with Crippen molar-refractivity contribution in [1.29, 1.82) is 0 Å². The predicted octanol–water partition coefficient (Wildman–Crippen LogP) is 41.1. The van der Waals surface area contributed by atoms with Gasteiger partial charge in [0.05, 0.1) is 51.1 Å². The first kappa shape index (κ1) is 91.3. The highest BCUT2D eigenvalue weighted by Crippen LogP contribution is 2.58. The molecule has 0 spiro atoms. The van der Waals surface area contributed by atoms with Crippen LogP contribution in [0.1, 0.15) is 162 Å². The van der Waals surface area contributed by atoms with Crippen LogP contribution in [-0.4, -0.2) is 0 Å². The Balaban J connectivity index is 0.000000155. The zero-order chi connectivity index (χ0) is 100. The van der Waals surface area contributed by atoms with Gasteiger partial charge in [-0.05, 0) is 252 Å². The Kier molecular flexibility index (Phi) is 21.9. The molecule has 26 aromatic rings. The fraction of sp³-hybridized carbons (Fsp3) is 0.147. The summed E-state index contributed by atoms with van der Waals surface area (Å²) in [6.07, 6.45) is -4.49. The highest BCUT2D eigenvalue weighted by molar-refractivity contribution is 6.32. The van der Waals surface area contributed by atoms with Gasteiger partial charge in [0, 0.05) is 98.2 Å². The van der Waals surface area contributed by atoms with Gasteiger partial charge in [-0.25, -0.2) is 0 Å². The molecule has 0 fully saturated rings. The van der Waals surface area contributed by atoms with Crippen LogP contribution in [0.25, 0.3) is 152 Å². The summed E-state index contributed by atoms with van der Waals surface area (Å²) in [6, 6.07) is 141. The van der Waals surface area contributed by atoms with E-state index in [4.69, 9.17) is 17.7 Å². The number of halogens is 3. The van der Waals surface area contributed by atoms with Crippen LogP contribution >= 0.6 is 0 Å². The van der Waals surface area contributed by atoms with Crippen LogP contribution in [0.5, 0.6) is 0 Å². The van der Waals surface area contributed by atoms with E-state index in [9.17, 15) is 13.2 Å². The van der Waals surface area contributed by atoms with Crippen molar-refractivity contribution in [3.8, 4) is 0 Å². The van der Waals surface area contributed by atoms with E-state index in [1.165, 1.54) is 83.4 Å². The van der Waals surface area contributed by atoms with Gasteiger partial charge in [-0.15, -0.1) is 0 Å². The summed E-state index contributed by atoms with van der Waals surface area (Å²) in [5.74, 6) is 0.671. The van der Waals surface area contributed by atoms with Crippen molar-refractivity contribution >= 4 is 221 Å². The minimum Gasteiger partial charge on any atom is -0.454 e. The molecule has 8 nitrogen and oxygen atoms in total. The molecule has 0 saturated carbocycles. The molecule has 0 amide bonds. The molecule has 26 rings (SSSR count). The summed E-state index contributed by atoms with van der Waals surface area (Å²) >= 11 is 0. The molecule has 0 atom stereocenters. The highest BCUT2D eigenvalue weighted by atomic mass is 19.4. The maximum Gasteiger partial charge on any atom is 0.416 e. The van der Waals surface area contributed by atoms with Gasteiger partial charge in [0.1, 0.15) is 22.3 Å². The number of alkyl halides is 3. The van der Waals surface area contributed by atoms with Gasteiger partial charge in [-0.2, -0.15) is 13.2 Å². The van der Waals surface area contributed by atoms with E-state index in [2.05, 4.69) is 425 Å². The van der Waals surface area contributed by atoms with Crippen molar-refractivity contribution in [3.63, 3.8) is 0 Å². The van der Waals surface area contributed by atoms with Crippen LogP contribution in [-0.2, 0) is 17.0 Å². The van der Waals surface area contributed by atoms with E-state index >= 15 is 0 Å². The third-order valence-electron chi connectivity index (χ3n) is 31.2. The van der Waals surface area contributed by atoms with Crippen LogP contribution < -0.4 is 19.6 Å². The summed E-state index contributed by atoms with van der Waals surface area (Å²) in [4.78, 5) is 9.38. The van der Waals surface area contributed by atoms with Crippen molar-refractivity contribution in [1.82, 2.24) is 0 Å². The van der Waals surface area contributed by atoms with Crippen molar-refractivity contribution in [3.05, 3.63) is 456 Å². The lowest BCUT2D eigenvalue weighted by atomic mass is 9.78. The number of aryl methyl sites for hydroxylation is 1. The Bertz CT molecular complexity index is 9320. The first-order valence-electron chi connectivity index (χ1n) is 51.3. The van der Waals surface area contributed by atoms with Crippen LogP contribution in [0, 0.1) is 6.92 Å². The molecule has 0 radical (unpaired) electrons. The van der Waals surface area contributed by atoms with Crippen molar-refractivity contribution in [2.45, 2.75) is 131 Å². The molecule has 0 unspecified atom stereocenters. The second-order valence-electron chi connectivity index (χ2n) is 42.0. The van der Waals surface area contributed by atoms with E-state index in [-0.39, 0.29) is 34.5 Å². The highest BCUT2D eigenvalue weighted by Gasteiger charge is 2.37. The first-order chi connectivity index (χ1) is 71.3. The maximum atomic E-state index is 14.2. The summed E-state index contributed by atoms with van der Waals surface area (Å²) in [6.45, 7) is 29.6. The van der Waals surface area contributed by atoms with Crippen molar-refractivity contribution < 1.29 is 30.8 Å². The van der Waals surface area contributed by atoms with E-state index in [0.29, 0.717) is 11.3 Å². The van der Waals surface area contributed by atoms with Gasteiger partial charge in [0.2, 0.25) is 0 Å². The zero-order valence-corrected chi connectivity index (χ0v) is 84.5. The summed E-state index contributed by atoms with van der Waals surface area (Å²) in [5.41, 5.74) is 27.9. The van der Waals surface area contributed by atoms with Gasteiger partial charge in [-0.1, -0.05) is 356 Å². The predicted molar refractivity (Wildman–Crippen MR) is 611 cm³/mol. The molecule has 4 heterocycles. The standard InChI is InChI=1S/C76H64N2O2.C60H45F3N2O2/c1-47(2)63-45-67(77(65-29-19-27-59-55-25-15-17-31-69(55)79-73(59)65)53-37-33-51(34-38-53)75(5,6)49-21-11-9-12-22-49)61-44-42-58-64(48(3)4)46-68(62-43-41-57(63)71(61)72(58)62)78(66-30-20-28-60-56-26-16-18-32-70(56)80-74(60)66)54-39-35-52(36-40-54)76(7,8)50-23-13-10-14-24-50;1-34(2)48-32-52(64(38-24-20-36(5)21-25-38)50-16-10-14-44-40-12-6-8-18-54(40)66-58(44)50)46-30-28-43-49(35(3)4)33-53(47-31-29-42(48)56(46)57(43)47)65(39-26-22-37(23-27-39)60(61,62)63)51-17-11-15-45-41-13-7-9-19-55(41)67-59(45)51/h9-48H,1-8H3;6-35H,1-5H3. The molecule has 147 heavy (non-hydrogen) atoms. The van der Waals surface area contributed by atoms with E-state index < -0.39 is 11.7 Å². The SMILES string of the molecule is CC(C)c1cc(N(c2ccc(C(C)(C)c3ccccc3)cc2)c2cccc3c2oc2ccccc23)c2ccc3c(C(C)C)cc(N(c4ccc(C(C)(C)c5ccccc5)cc4)c4cccc5c4oc4ccccc45)c4ccc1c2c34.Cc1ccc(N(c2cc(C(C)C)c3ccc4c(N(c5ccc(C(F)(F)F)cc5)c5cccc6c5oc5ccccc56)cc(C(C)C)c5ccc2c3c54)c2cccc3c2oc2ccccc23)cc1. The Labute approximate surface area is 852 Å². The fourth-order valence-electron chi connectivity index (χ4n) is 23.5. The van der Waals surface area contributed by atoms with Gasteiger partial charge < -0.3 is 37.3 Å². The lowest BCUT2D eigenvalue weighted by molar-refractivity contribution is -0.137. The third kappa shape index (κ3) is 15.0. The topological polar surface area (TPSA) is 65.5 Å². The Morgan fingerprint density at radius 3 is 0.653 bits per heavy atom. The number of furan rings is 4. The van der Waals surface area contributed by atoms with Crippen molar-refractivity contribution in [2.24, 2.45) is 0 Å². The lowest BCUT2D eigenvalue weighted by Gasteiger charge is -2.32. The smallest absolute Gasteiger partial charge is 0.416 e. The monoisotopic (exact) mass is 1920 g/mol. The minimum atomic E-state index is -4.49. The molecule has 0 aliphatic heterocycles. The number of nitrogens with zero attached hydrogens (tertiary/aromatic N) is 4. The van der Waals surface area contributed by atoms with Crippen LogP contribution in [0.3, 0.4) is 0 Å². The van der Waals surface area contributed by atoms with E-state index in [0.717, 1.165) is 188 Å². The Hall–Kier alpha value is -16.9. The lowest BCUT2D eigenvalue weighted by Crippen LogP contribution is -2.19. The average molecular weight is 1920 g/mol. The van der Waals surface area contributed by atoms with E-state index in [1.807, 2.05) is 60.7 Å². The average Bonchev–Trinajstić information content (AvgIpc) is 1.03.